The molecule has 3 fully saturated rings. The monoisotopic (exact) mass is 296 g/mol. The van der Waals surface area contributed by atoms with Gasteiger partial charge in [-0.3, -0.25) is 4.90 Å². The Bertz CT molecular complexity index is 304. The lowest BCUT2D eigenvalue weighted by Gasteiger charge is -2.41. The lowest BCUT2D eigenvalue weighted by molar-refractivity contribution is -0.0351. The first-order chi connectivity index (χ1) is 10.2. The van der Waals surface area contributed by atoms with Crippen LogP contribution in [0.2, 0.25) is 0 Å². The molecule has 0 aromatic carbocycles. The number of rotatable bonds is 4. The van der Waals surface area contributed by atoms with Crippen molar-refractivity contribution in [1.29, 1.82) is 0 Å². The first-order valence-electron chi connectivity index (χ1n) is 8.98. The van der Waals surface area contributed by atoms with Crippen molar-refractivity contribution in [3.05, 3.63) is 0 Å². The van der Waals surface area contributed by atoms with E-state index in [9.17, 15) is 5.11 Å². The standard InChI is InChI=1S/C17H32N2O2/c20-17(6-2-1-3-7-17)15-19-8-4-16(5-9-19)14-18-10-12-21-13-11-18/h16,20H,1-15H2. The van der Waals surface area contributed by atoms with Crippen LogP contribution in [0.5, 0.6) is 0 Å². The maximum Gasteiger partial charge on any atom is 0.0774 e. The molecule has 0 spiro atoms. The molecule has 0 radical (unpaired) electrons. The summed E-state index contributed by atoms with van der Waals surface area (Å²) in [5, 5.41) is 10.7. The molecule has 0 aromatic heterocycles. The summed E-state index contributed by atoms with van der Waals surface area (Å²) in [6.07, 6.45) is 8.36. The smallest absolute Gasteiger partial charge is 0.0774 e. The van der Waals surface area contributed by atoms with Gasteiger partial charge in [-0.2, -0.15) is 0 Å². The van der Waals surface area contributed by atoms with Crippen LogP contribution in [-0.4, -0.2) is 73.0 Å². The molecular formula is C17H32N2O2. The molecule has 122 valence electrons. The number of likely N-dealkylation sites (tertiary alicyclic amines) is 1. The van der Waals surface area contributed by atoms with Crippen molar-refractivity contribution in [3.8, 4) is 0 Å². The van der Waals surface area contributed by atoms with Crippen molar-refractivity contribution in [2.75, 3.05) is 52.5 Å². The summed E-state index contributed by atoms with van der Waals surface area (Å²) in [5.41, 5.74) is -0.380. The summed E-state index contributed by atoms with van der Waals surface area (Å²) >= 11 is 0. The van der Waals surface area contributed by atoms with E-state index in [1.54, 1.807) is 0 Å². The van der Waals surface area contributed by atoms with Gasteiger partial charge in [0.2, 0.25) is 0 Å². The number of hydrogen-bond donors (Lipinski definition) is 1. The normalized spacial score (nSPS) is 29.6. The first-order valence-corrected chi connectivity index (χ1v) is 8.98. The SMILES string of the molecule is OC1(CN2CCC(CN3CCOCC3)CC2)CCCCC1. The fraction of sp³-hybridized carbons (Fsp3) is 1.00. The second-order valence-electron chi connectivity index (χ2n) is 7.42. The van der Waals surface area contributed by atoms with Crippen LogP contribution in [-0.2, 0) is 4.74 Å². The van der Waals surface area contributed by atoms with E-state index in [-0.39, 0.29) is 5.60 Å². The van der Waals surface area contributed by atoms with Crippen molar-refractivity contribution in [2.45, 2.75) is 50.5 Å². The zero-order valence-corrected chi connectivity index (χ0v) is 13.4. The summed E-state index contributed by atoms with van der Waals surface area (Å²) in [4.78, 5) is 5.08. The van der Waals surface area contributed by atoms with Crippen LogP contribution in [0.3, 0.4) is 0 Å². The highest BCUT2D eigenvalue weighted by Gasteiger charge is 2.32. The molecule has 4 nitrogen and oxygen atoms in total. The molecule has 3 aliphatic rings. The quantitative estimate of drug-likeness (QED) is 0.857. The third kappa shape index (κ3) is 4.65. The molecule has 1 saturated carbocycles. The maximum absolute atomic E-state index is 10.7. The molecule has 1 N–H and O–H groups in total. The second-order valence-corrected chi connectivity index (χ2v) is 7.42. The topological polar surface area (TPSA) is 35.9 Å². The van der Waals surface area contributed by atoms with Crippen molar-refractivity contribution in [2.24, 2.45) is 5.92 Å². The van der Waals surface area contributed by atoms with Gasteiger partial charge < -0.3 is 14.7 Å². The van der Waals surface area contributed by atoms with Gasteiger partial charge in [-0.15, -0.1) is 0 Å². The van der Waals surface area contributed by atoms with E-state index in [2.05, 4.69) is 9.80 Å². The highest BCUT2D eigenvalue weighted by Crippen LogP contribution is 2.30. The Morgan fingerprint density at radius 2 is 1.57 bits per heavy atom. The summed E-state index contributed by atoms with van der Waals surface area (Å²) in [7, 11) is 0. The Hall–Kier alpha value is -0.160. The molecule has 0 bridgehead atoms. The van der Waals surface area contributed by atoms with Gasteiger partial charge in [-0.1, -0.05) is 19.3 Å². The first kappa shape index (κ1) is 15.7. The van der Waals surface area contributed by atoms with E-state index in [0.717, 1.165) is 51.6 Å². The second kappa shape index (κ2) is 7.40. The van der Waals surface area contributed by atoms with E-state index in [1.165, 1.54) is 51.7 Å². The third-order valence-electron chi connectivity index (χ3n) is 5.63. The van der Waals surface area contributed by atoms with Crippen LogP contribution >= 0.6 is 0 Å². The Labute approximate surface area is 129 Å². The number of piperidine rings is 1. The number of β-amino-alcohol motifs (C(OH)–C–C–N with tert-alkyl or cyclic N) is 1. The average molecular weight is 296 g/mol. The minimum atomic E-state index is -0.380. The minimum absolute atomic E-state index is 0.380. The molecule has 21 heavy (non-hydrogen) atoms. The number of nitrogens with zero attached hydrogens (tertiary/aromatic N) is 2. The summed E-state index contributed by atoms with van der Waals surface area (Å²) in [6, 6.07) is 0. The van der Waals surface area contributed by atoms with Gasteiger partial charge in [0.25, 0.3) is 0 Å². The molecule has 0 atom stereocenters. The lowest BCUT2D eigenvalue weighted by Crippen LogP contribution is -2.48. The van der Waals surface area contributed by atoms with E-state index in [0.29, 0.717) is 0 Å². The molecule has 2 heterocycles. The number of ether oxygens (including phenoxy) is 1. The molecule has 0 amide bonds. The highest BCUT2D eigenvalue weighted by molar-refractivity contribution is 4.87. The molecule has 3 rings (SSSR count). The highest BCUT2D eigenvalue weighted by atomic mass is 16.5. The lowest BCUT2D eigenvalue weighted by atomic mass is 9.84. The Kier molecular flexibility index (Phi) is 5.54. The zero-order chi connectivity index (χ0) is 14.5. The fourth-order valence-electron chi connectivity index (χ4n) is 4.26. The van der Waals surface area contributed by atoms with Gasteiger partial charge in [0, 0.05) is 26.2 Å². The van der Waals surface area contributed by atoms with Crippen LogP contribution in [0.1, 0.15) is 44.9 Å². The van der Waals surface area contributed by atoms with Crippen LogP contribution in [0.4, 0.5) is 0 Å². The van der Waals surface area contributed by atoms with Gasteiger partial charge in [-0.05, 0) is 44.7 Å². The van der Waals surface area contributed by atoms with Gasteiger partial charge in [0.1, 0.15) is 0 Å². The van der Waals surface area contributed by atoms with Crippen molar-refractivity contribution in [3.63, 3.8) is 0 Å². The summed E-state index contributed by atoms with van der Waals surface area (Å²) in [6.45, 7) is 8.56. The zero-order valence-electron chi connectivity index (χ0n) is 13.4. The number of morpholine rings is 1. The van der Waals surface area contributed by atoms with E-state index in [4.69, 9.17) is 4.74 Å². The van der Waals surface area contributed by atoms with Gasteiger partial charge in [0.05, 0.1) is 18.8 Å². The van der Waals surface area contributed by atoms with Gasteiger partial charge >= 0.3 is 0 Å². The van der Waals surface area contributed by atoms with Crippen molar-refractivity contribution < 1.29 is 9.84 Å². The Morgan fingerprint density at radius 1 is 0.905 bits per heavy atom. The van der Waals surface area contributed by atoms with Crippen LogP contribution in [0.15, 0.2) is 0 Å². The maximum atomic E-state index is 10.7. The van der Waals surface area contributed by atoms with Crippen molar-refractivity contribution in [1.82, 2.24) is 9.80 Å². The largest absolute Gasteiger partial charge is 0.389 e. The molecule has 2 saturated heterocycles. The van der Waals surface area contributed by atoms with Crippen LogP contribution in [0.25, 0.3) is 0 Å². The Balaban J connectivity index is 1.38. The Morgan fingerprint density at radius 3 is 2.24 bits per heavy atom. The summed E-state index contributed by atoms with van der Waals surface area (Å²) in [5.74, 6) is 0.848. The predicted molar refractivity (Wildman–Crippen MR) is 84.5 cm³/mol. The molecule has 1 aliphatic carbocycles. The summed E-state index contributed by atoms with van der Waals surface area (Å²) < 4.78 is 5.42. The van der Waals surface area contributed by atoms with Gasteiger partial charge in [-0.25, -0.2) is 0 Å². The molecular weight excluding hydrogens is 264 g/mol. The van der Waals surface area contributed by atoms with Crippen LogP contribution in [0, 0.1) is 5.92 Å². The molecule has 0 aromatic rings. The number of aliphatic hydroxyl groups is 1. The number of hydrogen-bond acceptors (Lipinski definition) is 4. The third-order valence-corrected chi connectivity index (χ3v) is 5.63. The van der Waals surface area contributed by atoms with Gasteiger partial charge in [0.15, 0.2) is 0 Å². The fourth-order valence-corrected chi connectivity index (χ4v) is 4.26. The van der Waals surface area contributed by atoms with E-state index in [1.807, 2.05) is 0 Å². The predicted octanol–water partition coefficient (Wildman–Crippen LogP) is 1.73. The minimum Gasteiger partial charge on any atom is -0.389 e. The van der Waals surface area contributed by atoms with Crippen molar-refractivity contribution >= 4 is 0 Å². The average Bonchev–Trinajstić information content (AvgIpc) is 2.51. The molecule has 4 heteroatoms. The molecule has 2 aliphatic heterocycles. The molecule has 0 unspecified atom stereocenters. The van der Waals surface area contributed by atoms with Crippen LogP contribution < -0.4 is 0 Å². The van der Waals surface area contributed by atoms with E-state index >= 15 is 0 Å². The van der Waals surface area contributed by atoms with E-state index < -0.39 is 0 Å².